The summed E-state index contributed by atoms with van der Waals surface area (Å²) in [6.45, 7) is 9.08. The number of likely N-dealkylation sites (tertiary alicyclic amines) is 1. The zero-order valence-corrected chi connectivity index (χ0v) is 13.7. The Morgan fingerprint density at radius 2 is 2.00 bits per heavy atom. The second-order valence-corrected chi connectivity index (χ2v) is 6.51. The minimum atomic E-state index is 0.650. The van der Waals surface area contributed by atoms with Gasteiger partial charge in [-0.15, -0.1) is 0 Å². The molecule has 0 saturated carbocycles. The topological polar surface area (TPSA) is 15.3 Å². The van der Waals surface area contributed by atoms with Crippen molar-refractivity contribution in [2.24, 2.45) is 0 Å². The molecule has 1 unspecified atom stereocenters. The third-order valence-electron chi connectivity index (χ3n) is 4.01. The van der Waals surface area contributed by atoms with Crippen molar-refractivity contribution >= 4 is 15.9 Å². The Balaban J connectivity index is 1.74. The van der Waals surface area contributed by atoms with Crippen molar-refractivity contribution in [2.75, 3.05) is 19.6 Å². The number of hydrogen-bond donors (Lipinski definition) is 1. The van der Waals surface area contributed by atoms with Crippen molar-refractivity contribution in [1.82, 2.24) is 10.2 Å². The fourth-order valence-corrected chi connectivity index (χ4v) is 2.98. The van der Waals surface area contributed by atoms with Gasteiger partial charge in [0.25, 0.3) is 0 Å². The second kappa shape index (κ2) is 7.41. The second-order valence-electron chi connectivity index (χ2n) is 5.66. The van der Waals surface area contributed by atoms with Gasteiger partial charge >= 0.3 is 0 Å². The van der Waals surface area contributed by atoms with Gasteiger partial charge in [0.05, 0.1) is 0 Å². The van der Waals surface area contributed by atoms with Crippen LogP contribution in [-0.4, -0.2) is 30.6 Å². The van der Waals surface area contributed by atoms with Gasteiger partial charge in [-0.25, -0.2) is 0 Å². The van der Waals surface area contributed by atoms with Crippen LogP contribution in [0.3, 0.4) is 0 Å². The Morgan fingerprint density at radius 1 is 1.26 bits per heavy atom. The summed E-state index contributed by atoms with van der Waals surface area (Å²) < 4.78 is 1.19. The standard InChI is InChI=1S/C16H25BrN2/c1-13-10-15(6-7-16(13)17)12-18-11-14(2)19-8-4-3-5-9-19/h6-7,10,14,18H,3-5,8-9,11-12H2,1-2H3. The van der Waals surface area contributed by atoms with E-state index in [1.54, 1.807) is 0 Å². The number of piperidine rings is 1. The highest BCUT2D eigenvalue weighted by atomic mass is 79.9. The number of halogens is 1. The summed E-state index contributed by atoms with van der Waals surface area (Å²) in [6.07, 6.45) is 4.15. The smallest absolute Gasteiger partial charge is 0.0206 e. The highest BCUT2D eigenvalue weighted by Gasteiger charge is 2.15. The molecule has 0 bridgehead atoms. The molecule has 1 heterocycles. The predicted molar refractivity (Wildman–Crippen MR) is 85.5 cm³/mol. The lowest BCUT2D eigenvalue weighted by atomic mass is 10.1. The lowest BCUT2D eigenvalue weighted by molar-refractivity contribution is 0.170. The van der Waals surface area contributed by atoms with Gasteiger partial charge in [-0.1, -0.05) is 34.5 Å². The summed E-state index contributed by atoms with van der Waals surface area (Å²) in [6, 6.07) is 7.23. The quantitative estimate of drug-likeness (QED) is 0.888. The van der Waals surface area contributed by atoms with Gasteiger partial charge in [-0.05, 0) is 57.0 Å². The number of rotatable bonds is 5. The van der Waals surface area contributed by atoms with Crippen molar-refractivity contribution in [1.29, 1.82) is 0 Å². The number of nitrogens with zero attached hydrogens (tertiary/aromatic N) is 1. The molecular weight excluding hydrogens is 300 g/mol. The highest BCUT2D eigenvalue weighted by molar-refractivity contribution is 9.10. The Morgan fingerprint density at radius 3 is 2.68 bits per heavy atom. The van der Waals surface area contributed by atoms with Gasteiger partial charge in [0.1, 0.15) is 0 Å². The lowest BCUT2D eigenvalue weighted by Crippen LogP contribution is -2.42. The predicted octanol–water partition coefficient (Wildman–Crippen LogP) is 3.72. The fourth-order valence-electron chi connectivity index (χ4n) is 2.73. The molecule has 2 rings (SSSR count). The van der Waals surface area contributed by atoms with Crippen LogP contribution in [0.5, 0.6) is 0 Å². The Hall–Kier alpha value is -0.380. The maximum absolute atomic E-state index is 3.59. The van der Waals surface area contributed by atoms with E-state index >= 15 is 0 Å². The van der Waals surface area contributed by atoms with Gasteiger partial charge in [0.15, 0.2) is 0 Å². The average Bonchev–Trinajstić information content (AvgIpc) is 2.43. The van der Waals surface area contributed by atoms with E-state index in [-0.39, 0.29) is 0 Å². The van der Waals surface area contributed by atoms with Crippen LogP contribution < -0.4 is 5.32 Å². The largest absolute Gasteiger partial charge is 0.311 e. The summed E-state index contributed by atoms with van der Waals surface area (Å²) in [7, 11) is 0. The number of benzene rings is 1. The first-order valence-corrected chi connectivity index (χ1v) is 8.16. The molecule has 3 heteroatoms. The zero-order valence-electron chi connectivity index (χ0n) is 12.1. The molecular formula is C16H25BrN2. The molecule has 1 fully saturated rings. The number of aryl methyl sites for hydroxylation is 1. The van der Waals surface area contributed by atoms with Gasteiger partial charge in [0, 0.05) is 23.6 Å². The van der Waals surface area contributed by atoms with Crippen LogP contribution in [0, 0.1) is 6.92 Å². The highest BCUT2D eigenvalue weighted by Crippen LogP contribution is 2.17. The van der Waals surface area contributed by atoms with Crippen molar-refractivity contribution in [2.45, 2.75) is 45.7 Å². The van der Waals surface area contributed by atoms with E-state index < -0.39 is 0 Å². The first-order chi connectivity index (χ1) is 9.16. The summed E-state index contributed by atoms with van der Waals surface area (Å²) in [4.78, 5) is 2.61. The van der Waals surface area contributed by atoms with Crippen molar-refractivity contribution in [3.63, 3.8) is 0 Å². The summed E-state index contributed by atoms with van der Waals surface area (Å²) in [5.41, 5.74) is 2.68. The molecule has 0 spiro atoms. The van der Waals surface area contributed by atoms with Crippen LogP contribution in [0.1, 0.15) is 37.3 Å². The van der Waals surface area contributed by atoms with E-state index in [1.165, 1.54) is 48.0 Å². The summed E-state index contributed by atoms with van der Waals surface area (Å²) in [5, 5.41) is 3.59. The van der Waals surface area contributed by atoms with E-state index in [2.05, 4.69) is 58.2 Å². The first-order valence-electron chi connectivity index (χ1n) is 7.36. The van der Waals surface area contributed by atoms with E-state index in [1.807, 2.05) is 0 Å². The molecule has 0 aromatic heterocycles. The molecule has 1 aliphatic heterocycles. The maximum atomic E-state index is 3.59. The van der Waals surface area contributed by atoms with Crippen LogP contribution in [0.2, 0.25) is 0 Å². The lowest BCUT2D eigenvalue weighted by Gasteiger charge is -2.32. The van der Waals surface area contributed by atoms with Crippen LogP contribution in [-0.2, 0) is 6.54 Å². The van der Waals surface area contributed by atoms with Crippen LogP contribution in [0.25, 0.3) is 0 Å². The van der Waals surface area contributed by atoms with Crippen LogP contribution in [0.4, 0.5) is 0 Å². The first kappa shape index (κ1) is 15.0. The van der Waals surface area contributed by atoms with Gasteiger partial charge < -0.3 is 5.32 Å². The van der Waals surface area contributed by atoms with Gasteiger partial charge in [0.2, 0.25) is 0 Å². The molecule has 1 aliphatic rings. The summed E-state index contributed by atoms with van der Waals surface area (Å²) in [5.74, 6) is 0. The zero-order chi connectivity index (χ0) is 13.7. The minimum absolute atomic E-state index is 0.650. The van der Waals surface area contributed by atoms with Crippen molar-refractivity contribution in [3.05, 3.63) is 33.8 Å². The average molecular weight is 325 g/mol. The van der Waals surface area contributed by atoms with E-state index in [9.17, 15) is 0 Å². The molecule has 0 radical (unpaired) electrons. The molecule has 1 aromatic rings. The fraction of sp³-hybridized carbons (Fsp3) is 0.625. The molecule has 1 saturated heterocycles. The Kier molecular flexibility index (Phi) is 5.86. The van der Waals surface area contributed by atoms with Crippen LogP contribution in [0.15, 0.2) is 22.7 Å². The van der Waals surface area contributed by atoms with E-state index in [0.29, 0.717) is 6.04 Å². The molecule has 1 N–H and O–H groups in total. The molecule has 2 nitrogen and oxygen atoms in total. The molecule has 1 atom stereocenters. The molecule has 0 amide bonds. The molecule has 1 aromatic carbocycles. The van der Waals surface area contributed by atoms with Gasteiger partial charge in [-0.2, -0.15) is 0 Å². The summed E-state index contributed by atoms with van der Waals surface area (Å²) >= 11 is 3.55. The molecule has 0 aliphatic carbocycles. The van der Waals surface area contributed by atoms with Crippen molar-refractivity contribution in [3.8, 4) is 0 Å². The Labute approximate surface area is 125 Å². The number of hydrogen-bond acceptors (Lipinski definition) is 2. The number of nitrogens with one attached hydrogen (secondary N) is 1. The monoisotopic (exact) mass is 324 g/mol. The van der Waals surface area contributed by atoms with Crippen molar-refractivity contribution < 1.29 is 0 Å². The van der Waals surface area contributed by atoms with E-state index in [4.69, 9.17) is 0 Å². The van der Waals surface area contributed by atoms with Crippen LogP contribution >= 0.6 is 15.9 Å². The van der Waals surface area contributed by atoms with E-state index in [0.717, 1.165) is 13.1 Å². The third-order valence-corrected chi connectivity index (χ3v) is 4.89. The SMILES string of the molecule is Cc1cc(CNCC(C)N2CCCCC2)ccc1Br. The Bertz CT molecular complexity index is 400. The third kappa shape index (κ3) is 4.59. The molecule has 19 heavy (non-hydrogen) atoms. The molecule has 106 valence electrons. The van der Waals surface area contributed by atoms with Gasteiger partial charge in [-0.3, -0.25) is 4.90 Å². The maximum Gasteiger partial charge on any atom is 0.0206 e. The minimum Gasteiger partial charge on any atom is -0.311 e. The normalized spacial score (nSPS) is 18.5.